The number of amides is 1. The predicted molar refractivity (Wildman–Crippen MR) is 79.0 cm³/mol. The molecule has 0 saturated carbocycles. The molecule has 1 amide bonds. The first-order chi connectivity index (χ1) is 9.86. The van der Waals surface area contributed by atoms with E-state index in [4.69, 9.17) is 4.74 Å². The summed E-state index contributed by atoms with van der Waals surface area (Å²) in [4.78, 5) is 29.4. The Kier molecular flexibility index (Phi) is 4.30. The van der Waals surface area contributed by atoms with Gasteiger partial charge in [-0.05, 0) is 51.3 Å². The number of piperidine rings is 1. The number of hydrogen-bond acceptors (Lipinski definition) is 4. The molecular weight excluding hydrogens is 268 g/mol. The lowest BCUT2D eigenvalue weighted by Gasteiger charge is -2.38. The summed E-state index contributed by atoms with van der Waals surface area (Å²) in [7, 11) is 0. The summed E-state index contributed by atoms with van der Waals surface area (Å²) in [5, 5.41) is 0. The smallest absolute Gasteiger partial charge is 0.410 e. The Hall–Kier alpha value is -1.91. The fourth-order valence-electron chi connectivity index (χ4n) is 2.57. The number of aromatic nitrogens is 1. The molecule has 0 N–H and O–H groups in total. The number of nitrogens with zero attached hydrogens (tertiary/aromatic N) is 2. The van der Waals surface area contributed by atoms with Crippen LogP contribution in [0.3, 0.4) is 0 Å². The minimum Gasteiger partial charge on any atom is -0.444 e. The van der Waals surface area contributed by atoms with Gasteiger partial charge in [0, 0.05) is 25.5 Å². The number of carbonyl (C=O) groups is 2. The normalized spacial score (nSPS) is 18.1. The molecule has 2 heterocycles. The van der Waals surface area contributed by atoms with Crippen LogP contribution in [0.4, 0.5) is 4.79 Å². The van der Waals surface area contributed by atoms with Gasteiger partial charge in [-0.25, -0.2) is 4.79 Å². The highest BCUT2D eigenvalue weighted by Crippen LogP contribution is 2.33. The SMILES string of the molecule is CC(C)(C)OC(=O)N1CCC(C=O)(c2ccncc2)CC1. The van der Waals surface area contributed by atoms with Gasteiger partial charge in [-0.3, -0.25) is 4.98 Å². The van der Waals surface area contributed by atoms with Crippen molar-refractivity contribution in [2.75, 3.05) is 13.1 Å². The van der Waals surface area contributed by atoms with Crippen LogP contribution in [0.15, 0.2) is 24.5 Å². The first-order valence-corrected chi connectivity index (χ1v) is 7.21. The maximum absolute atomic E-state index is 12.1. The minimum absolute atomic E-state index is 0.309. The molecule has 1 aliphatic heterocycles. The lowest BCUT2D eigenvalue weighted by molar-refractivity contribution is -0.114. The Balaban J connectivity index is 2.05. The second-order valence-electron chi connectivity index (χ2n) is 6.48. The second kappa shape index (κ2) is 5.84. The standard InChI is InChI=1S/C16H22N2O3/c1-15(2,3)21-14(20)18-10-6-16(12-19,7-11-18)13-4-8-17-9-5-13/h4-5,8-9,12H,6-7,10-11H2,1-3H3. The van der Waals surface area contributed by atoms with E-state index in [1.807, 2.05) is 32.9 Å². The van der Waals surface area contributed by atoms with Crippen molar-refractivity contribution in [3.63, 3.8) is 0 Å². The van der Waals surface area contributed by atoms with Crippen molar-refractivity contribution >= 4 is 12.4 Å². The van der Waals surface area contributed by atoms with Crippen molar-refractivity contribution in [3.8, 4) is 0 Å². The van der Waals surface area contributed by atoms with Gasteiger partial charge in [-0.15, -0.1) is 0 Å². The van der Waals surface area contributed by atoms with Crippen molar-refractivity contribution in [2.45, 2.75) is 44.6 Å². The molecule has 1 fully saturated rings. The van der Waals surface area contributed by atoms with Gasteiger partial charge in [0.25, 0.3) is 0 Å². The molecule has 0 spiro atoms. The molecule has 1 saturated heterocycles. The number of rotatable bonds is 2. The fourth-order valence-corrected chi connectivity index (χ4v) is 2.57. The highest BCUT2D eigenvalue weighted by atomic mass is 16.6. The van der Waals surface area contributed by atoms with Crippen LogP contribution in [0.2, 0.25) is 0 Å². The fraction of sp³-hybridized carbons (Fsp3) is 0.562. The highest BCUT2D eigenvalue weighted by Gasteiger charge is 2.38. The maximum Gasteiger partial charge on any atom is 0.410 e. The van der Waals surface area contributed by atoms with E-state index in [9.17, 15) is 9.59 Å². The number of likely N-dealkylation sites (tertiary alicyclic amines) is 1. The van der Waals surface area contributed by atoms with Crippen LogP contribution >= 0.6 is 0 Å². The zero-order chi connectivity index (χ0) is 15.5. The summed E-state index contributed by atoms with van der Waals surface area (Å²) >= 11 is 0. The van der Waals surface area contributed by atoms with E-state index < -0.39 is 11.0 Å². The second-order valence-corrected chi connectivity index (χ2v) is 6.48. The Bertz CT molecular complexity index is 500. The third-order valence-electron chi connectivity index (χ3n) is 3.79. The molecule has 5 heteroatoms. The topological polar surface area (TPSA) is 59.5 Å². The number of ether oxygens (including phenoxy) is 1. The molecule has 0 atom stereocenters. The Morgan fingerprint density at radius 2 is 1.86 bits per heavy atom. The van der Waals surface area contributed by atoms with Crippen LogP contribution in [0.5, 0.6) is 0 Å². The third kappa shape index (κ3) is 3.60. The minimum atomic E-state index is -0.512. The summed E-state index contributed by atoms with van der Waals surface area (Å²) in [5.74, 6) is 0. The monoisotopic (exact) mass is 290 g/mol. The summed E-state index contributed by atoms with van der Waals surface area (Å²) in [6, 6.07) is 3.75. The van der Waals surface area contributed by atoms with Crippen molar-refractivity contribution in [1.29, 1.82) is 0 Å². The van der Waals surface area contributed by atoms with Crippen molar-refractivity contribution < 1.29 is 14.3 Å². The van der Waals surface area contributed by atoms with Crippen molar-refractivity contribution in [2.24, 2.45) is 0 Å². The van der Waals surface area contributed by atoms with Crippen LogP contribution in [0, 0.1) is 0 Å². The van der Waals surface area contributed by atoms with E-state index in [1.165, 1.54) is 0 Å². The van der Waals surface area contributed by atoms with Crippen molar-refractivity contribution in [3.05, 3.63) is 30.1 Å². The van der Waals surface area contributed by atoms with Crippen LogP contribution in [-0.4, -0.2) is 41.0 Å². The number of aldehydes is 1. The van der Waals surface area contributed by atoms with Gasteiger partial charge in [0.05, 0.1) is 5.41 Å². The molecule has 0 unspecified atom stereocenters. The van der Waals surface area contributed by atoms with Crippen molar-refractivity contribution in [1.82, 2.24) is 9.88 Å². The third-order valence-corrected chi connectivity index (χ3v) is 3.79. The van der Waals surface area contributed by atoms with Gasteiger partial charge >= 0.3 is 6.09 Å². The Labute approximate surface area is 125 Å². The first-order valence-electron chi connectivity index (χ1n) is 7.21. The zero-order valence-electron chi connectivity index (χ0n) is 12.8. The summed E-state index contributed by atoms with van der Waals surface area (Å²) in [5.41, 5.74) is -0.0422. The number of pyridine rings is 1. The van der Waals surface area contributed by atoms with E-state index in [1.54, 1.807) is 17.3 Å². The molecule has 2 rings (SSSR count). The summed E-state index contributed by atoms with van der Waals surface area (Å²) in [6.07, 6.45) is 5.31. The molecule has 114 valence electrons. The quantitative estimate of drug-likeness (QED) is 0.785. The molecule has 0 aliphatic carbocycles. The lowest BCUT2D eigenvalue weighted by atomic mass is 9.74. The van der Waals surface area contributed by atoms with Crippen LogP contribution in [0.25, 0.3) is 0 Å². The average Bonchev–Trinajstić information content (AvgIpc) is 2.46. The van der Waals surface area contributed by atoms with Gasteiger partial charge in [-0.1, -0.05) is 0 Å². The molecule has 0 bridgehead atoms. The molecule has 0 radical (unpaired) electrons. The van der Waals surface area contributed by atoms with Crippen LogP contribution < -0.4 is 0 Å². The average molecular weight is 290 g/mol. The largest absolute Gasteiger partial charge is 0.444 e. The van der Waals surface area contributed by atoms with Gasteiger partial charge in [0.2, 0.25) is 0 Å². The van der Waals surface area contributed by atoms with Gasteiger partial charge < -0.3 is 14.4 Å². The maximum atomic E-state index is 12.1. The van der Waals surface area contributed by atoms with E-state index >= 15 is 0 Å². The van der Waals surface area contributed by atoms with Crippen LogP contribution in [-0.2, 0) is 14.9 Å². The zero-order valence-corrected chi connectivity index (χ0v) is 12.8. The Morgan fingerprint density at radius 1 is 1.29 bits per heavy atom. The Morgan fingerprint density at radius 3 is 2.33 bits per heavy atom. The van der Waals surface area contributed by atoms with E-state index in [0.717, 1.165) is 11.8 Å². The highest BCUT2D eigenvalue weighted by molar-refractivity contribution is 5.71. The van der Waals surface area contributed by atoms with E-state index in [-0.39, 0.29) is 6.09 Å². The molecule has 21 heavy (non-hydrogen) atoms. The lowest BCUT2D eigenvalue weighted by Crippen LogP contribution is -2.47. The van der Waals surface area contributed by atoms with Gasteiger partial charge in [0.1, 0.15) is 11.9 Å². The first kappa shape index (κ1) is 15.5. The van der Waals surface area contributed by atoms with E-state index in [2.05, 4.69) is 4.98 Å². The molecule has 1 aliphatic rings. The summed E-state index contributed by atoms with van der Waals surface area (Å²) < 4.78 is 5.37. The number of hydrogen-bond donors (Lipinski definition) is 0. The van der Waals surface area contributed by atoms with Gasteiger partial charge in [-0.2, -0.15) is 0 Å². The molecule has 5 nitrogen and oxygen atoms in total. The molecule has 0 aromatic carbocycles. The van der Waals surface area contributed by atoms with Gasteiger partial charge in [0.15, 0.2) is 0 Å². The van der Waals surface area contributed by atoms with E-state index in [0.29, 0.717) is 25.9 Å². The summed E-state index contributed by atoms with van der Waals surface area (Å²) in [6.45, 7) is 6.59. The molecule has 1 aromatic heterocycles. The number of carbonyl (C=O) groups excluding carboxylic acids is 2. The molecule has 1 aromatic rings. The van der Waals surface area contributed by atoms with Crippen LogP contribution in [0.1, 0.15) is 39.2 Å². The molecular formula is C16H22N2O3. The predicted octanol–water partition coefficient (Wildman–Crippen LogP) is 2.55.